The van der Waals surface area contributed by atoms with Crippen LogP contribution in [0.3, 0.4) is 0 Å². The third kappa shape index (κ3) is 2.61. The van der Waals surface area contributed by atoms with Crippen LogP contribution in [0.4, 0.5) is 17.1 Å². The number of anilines is 2. The monoisotopic (exact) mass is 292 g/mol. The van der Waals surface area contributed by atoms with Gasteiger partial charge in [-0.3, -0.25) is 9.79 Å². The lowest BCUT2D eigenvalue weighted by atomic mass is 10.1. The maximum absolute atomic E-state index is 12.5. The van der Waals surface area contributed by atoms with Crippen LogP contribution in [0.25, 0.3) is 0 Å². The van der Waals surface area contributed by atoms with E-state index < -0.39 is 5.92 Å². The molecule has 1 heterocycles. The molecule has 0 fully saturated rings. The molecule has 0 spiro atoms. The molecule has 1 aliphatic heterocycles. The molecule has 0 unspecified atom stereocenters. The number of para-hydroxylation sites is 3. The SMILES string of the molecule is CC1=NN(c2ccccc2)C(=O)[C@H]1C=Nc1ccccc1N. The van der Waals surface area contributed by atoms with Gasteiger partial charge in [-0.25, -0.2) is 0 Å². The van der Waals surface area contributed by atoms with E-state index in [0.717, 1.165) is 5.69 Å². The van der Waals surface area contributed by atoms with Crippen LogP contribution in [0.15, 0.2) is 64.7 Å². The van der Waals surface area contributed by atoms with E-state index in [2.05, 4.69) is 10.1 Å². The number of benzene rings is 2. The van der Waals surface area contributed by atoms with Crippen molar-refractivity contribution in [3.05, 3.63) is 54.6 Å². The molecule has 0 aromatic heterocycles. The number of nitrogens with two attached hydrogens (primary N) is 1. The van der Waals surface area contributed by atoms with Crippen LogP contribution in [0.2, 0.25) is 0 Å². The molecule has 0 bridgehead atoms. The van der Waals surface area contributed by atoms with E-state index in [9.17, 15) is 4.79 Å². The van der Waals surface area contributed by atoms with Gasteiger partial charge in [0.2, 0.25) is 0 Å². The van der Waals surface area contributed by atoms with E-state index in [4.69, 9.17) is 5.73 Å². The Balaban J connectivity index is 1.83. The summed E-state index contributed by atoms with van der Waals surface area (Å²) in [6.45, 7) is 1.83. The third-order valence-corrected chi connectivity index (χ3v) is 3.48. The average molecular weight is 292 g/mol. The summed E-state index contributed by atoms with van der Waals surface area (Å²) in [5.41, 5.74) is 8.56. The van der Waals surface area contributed by atoms with Crippen molar-refractivity contribution in [2.75, 3.05) is 10.7 Å². The number of rotatable bonds is 3. The first-order valence-electron chi connectivity index (χ1n) is 6.99. The minimum Gasteiger partial charge on any atom is -0.397 e. The van der Waals surface area contributed by atoms with Gasteiger partial charge >= 0.3 is 0 Å². The van der Waals surface area contributed by atoms with E-state index in [0.29, 0.717) is 17.1 Å². The van der Waals surface area contributed by atoms with Crippen molar-refractivity contribution in [3.8, 4) is 0 Å². The molecule has 2 aromatic carbocycles. The molecule has 1 aliphatic rings. The molecule has 0 aliphatic carbocycles. The Hall–Kier alpha value is -2.95. The number of hydrazone groups is 1. The summed E-state index contributed by atoms with van der Waals surface area (Å²) in [7, 11) is 0. The average Bonchev–Trinajstić information content (AvgIpc) is 2.82. The summed E-state index contributed by atoms with van der Waals surface area (Å²) in [4.78, 5) is 16.8. The van der Waals surface area contributed by atoms with Gasteiger partial charge in [-0.2, -0.15) is 10.1 Å². The number of amides is 1. The fourth-order valence-electron chi connectivity index (χ4n) is 2.27. The van der Waals surface area contributed by atoms with Gasteiger partial charge in [0.15, 0.2) is 0 Å². The van der Waals surface area contributed by atoms with E-state index >= 15 is 0 Å². The molecule has 2 N–H and O–H groups in total. The van der Waals surface area contributed by atoms with Crippen molar-refractivity contribution < 1.29 is 4.79 Å². The Morgan fingerprint density at radius 1 is 1.14 bits per heavy atom. The first-order valence-corrected chi connectivity index (χ1v) is 6.99. The van der Waals surface area contributed by atoms with Gasteiger partial charge < -0.3 is 5.73 Å². The van der Waals surface area contributed by atoms with Gasteiger partial charge in [0.1, 0.15) is 5.92 Å². The zero-order valence-electron chi connectivity index (χ0n) is 12.2. The minimum atomic E-state index is -0.459. The van der Waals surface area contributed by atoms with Crippen LogP contribution in [-0.2, 0) is 4.79 Å². The smallest absolute Gasteiger partial charge is 0.261 e. The zero-order valence-corrected chi connectivity index (χ0v) is 12.2. The van der Waals surface area contributed by atoms with Gasteiger partial charge in [-0.15, -0.1) is 0 Å². The van der Waals surface area contributed by atoms with E-state index in [-0.39, 0.29) is 5.91 Å². The summed E-state index contributed by atoms with van der Waals surface area (Å²) < 4.78 is 0. The van der Waals surface area contributed by atoms with Crippen molar-refractivity contribution >= 4 is 34.9 Å². The Kier molecular flexibility index (Phi) is 3.70. The second-order valence-corrected chi connectivity index (χ2v) is 5.04. The predicted octanol–water partition coefficient (Wildman–Crippen LogP) is 3.01. The Labute approximate surface area is 128 Å². The molecule has 0 saturated heterocycles. The van der Waals surface area contributed by atoms with Gasteiger partial charge in [-0.05, 0) is 31.2 Å². The van der Waals surface area contributed by atoms with E-state index in [1.165, 1.54) is 5.01 Å². The molecule has 1 atom stereocenters. The van der Waals surface area contributed by atoms with Crippen molar-refractivity contribution in [1.82, 2.24) is 0 Å². The fourth-order valence-corrected chi connectivity index (χ4v) is 2.27. The van der Waals surface area contributed by atoms with Gasteiger partial charge in [0.25, 0.3) is 5.91 Å². The molecule has 0 saturated carbocycles. The van der Waals surface area contributed by atoms with Crippen LogP contribution in [0, 0.1) is 5.92 Å². The van der Waals surface area contributed by atoms with Crippen LogP contribution in [0.1, 0.15) is 6.92 Å². The summed E-state index contributed by atoms with van der Waals surface area (Å²) in [5, 5.41) is 5.75. The molecule has 5 heteroatoms. The molecule has 110 valence electrons. The first-order chi connectivity index (χ1) is 10.7. The van der Waals surface area contributed by atoms with E-state index in [1.54, 1.807) is 12.3 Å². The Bertz CT molecular complexity index is 752. The lowest BCUT2D eigenvalue weighted by molar-refractivity contribution is -0.118. The molecular formula is C17H16N4O. The highest BCUT2D eigenvalue weighted by atomic mass is 16.2. The number of hydrogen-bond acceptors (Lipinski definition) is 4. The topological polar surface area (TPSA) is 71.0 Å². The third-order valence-electron chi connectivity index (χ3n) is 3.48. The normalized spacial score (nSPS) is 18.0. The molecular weight excluding hydrogens is 276 g/mol. The maximum Gasteiger partial charge on any atom is 0.261 e. The van der Waals surface area contributed by atoms with Crippen LogP contribution >= 0.6 is 0 Å². The predicted molar refractivity (Wildman–Crippen MR) is 89.5 cm³/mol. The molecule has 1 amide bonds. The highest BCUT2D eigenvalue weighted by molar-refractivity contribution is 6.23. The second kappa shape index (κ2) is 5.81. The van der Waals surface area contributed by atoms with E-state index in [1.807, 2.05) is 55.5 Å². The van der Waals surface area contributed by atoms with Crippen molar-refractivity contribution in [1.29, 1.82) is 0 Å². The number of hydrogen-bond donors (Lipinski definition) is 1. The minimum absolute atomic E-state index is 0.109. The van der Waals surface area contributed by atoms with Gasteiger partial charge in [0.05, 0.1) is 22.8 Å². The quantitative estimate of drug-likeness (QED) is 0.697. The molecule has 0 radical (unpaired) electrons. The number of aliphatic imine (C=N–C) groups is 1. The highest BCUT2D eigenvalue weighted by Gasteiger charge is 2.33. The van der Waals surface area contributed by atoms with Crippen molar-refractivity contribution in [2.24, 2.45) is 16.0 Å². The molecule has 2 aromatic rings. The van der Waals surface area contributed by atoms with Crippen LogP contribution in [0.5, 0.6) is 0 Å². The Morgan fingerprint density at radius 3 is 2.55 bits per heavy atom. The number of carbonyl (C=O) groups excluding carboxylic acids is 1. The molecule has 5 nitrogen and oxygen atoms in total. The summed E-state index contributed by atoms with van der Waals surface area (Å²) in [6, 6.07) is 16.6. The summed E-state index contributed by atoms with van der Waals surface area (Å²) >= 11 is 0. The zero-order chi connectivity index (χ0) is 15.5. The summed E-state index contributed by atoms with van der Waals surface area (Å²) in [5.74, 6) is -0.568. The van der Waals surface area contributed by atoms with Crippen molar-refractivity contribution in [2.45, 2.75) is 6.92 Å². The second-order valence-electron chi connectivity index (χ2n) is 5.04. The molecule has 3 rings (SSSR count). The number of nitrogen functional groups attached to an aromatic ring is 1. The number of carbonyl (C=O) groups is 1. The maximum atomic E-state index is 12.5. The number of nitrogens with zero attached hydrogens (tertiary/aromatic N) is 3. The first kappa shape index (κ1) is 14.0. The molecule has 22 heavy (non-hydrogen) atoms. The van der Waals surface area contributed by atoms with Crippen LogP contribution < -0.4 is 10.7 Å². The fraction of sp³-hybridized carbons (Fsp3) is 0.118. The highest BCUT2D eigenvalue weighted by Crippen LogP contribution is 2.25. The van der Waals surface area contributed by atoms with Crippen LogP contribution in [-0.4, -0.2) is 17.8 Å². The lowest BCUT2D eigenvalue weighted by Gasteiger charge is -2.12. The lowest BCUT2D eigenvalue weighted by Crippen LogP contribution is -2.27. The van der Waals surface area contributed by atoms with Crippen molar-refractivity contribution in [3.63, 3.8) is 0 Å². The van der Waals surface area contributed by atoms with Gasteiger partial charge in [0, 0.05) is 6.21 Å². The standard InChI is InChI=1S/C17H16N4O/c1-12-14(11-19-16-10-6-5-9-15(16)18)17(22)21(20-12)13-7-3-2-4-8-13/h2-11,14H,18H2,1H3/t14-/m0/s1. The largest absolute Gasteiger partial charge is 0.397 e. The summed E-state index contributed by atoms with van der Waals surface area (Å²) in [6.07, 6.45) is 1.61. The Morgan fingerprint density at radius 2 is 1.82 bits per heavy atom. The van der Waals surface area contributed by atoms with Gasteiger partial charge in [-0.1, -0.05) is 30.3 Å².